The van der Waals surface area contributed by atoms with Crippen molar-refractivity contribution >= 4 is 28.9 Å². The fourth-order valence-corrected chi connectivity index (χ4v) is 4.34. The number of aromatic nitrogens is 1. The number of hydrogen-bond acceptors (Lipinski definition) is 3. The number of halogens is 1. The molecule has 110 valence electrons. The van der Waals surface area contributed by atoms with Crippen molar-refractivity contribution in [2.75, 3.05) is 0 Å². The summed E-state index contributed by atoms with van der Waals surface area (Å²) in [5, 5.41) is 12.4. The third kappa shape index (κ3) is 2.70. The second kappa shape index (κ2) is 5.78. The summed E-state index contributed by atoms with van der Waals surface area (Å²) >= 11 is 7.45. The summed E-state index contributed by atoms with van der Waals surface area (Å²) in [6, 6.07) is 7.91. The first-order chi connectivity index (χ1) is 10.1. The lowest BCUT2D eigenvalue weighted by atomic mass is 9.70. The molecule has 3 rings (SSSR count). The fraction of sp³-hybridized carbons (Fsp3) is 0.375. The summed E-state index contributed by atoms with van der Waals surface area (Å²) in [4.78, 5) is 15.5. The van der Waals surface area contributed by atoms with E-state index in [1.54, 1.807) is 5.38 Å². The minimum Gasteiger partial charge on any atom is -0.476 e. The summed E-state index contributed by atoms with van der Waals surface area (Å²) < 4.78 is 0. The first kappa shape index (κ1) is 14.5. The second-order valence-corrected chi connectivity index (χ2v) is 6.79. The maximum absolute atomic E-state index is 11.1. The van der Waals surface area contributed by atoms with Gasteiger partial charge < -0.3 is 5.11 Å². The molecule has 5 heteroatoms. The molecule has 0 spiro atoms. The Morgan fingerprint density at radius 1 is 1.19 bits per heavy atom. The van der Waals surface area contributed by atoms with E-state index in [0.29, 0.717) is 0 Å². The van der Waals surface area contributed by atoms with E-state index in [4.69, 9.17) is 16.7 Å². The van der Waals surface area contributed by atoms with Crippen LogP contribution in [0.4, 0.5) is 0 Å². The molecule has 0 bridgehead atoms. The van der Waals surface area contributed by atoms with E-state index in [2.05, 4.69) is 17.1 Å². The maximum Gasteiger partial charge on any atom is 0.355 e. The van der Waals surface area contributed by atoms with E-state index in [1.807, 2.05) is 12.1 Å². The average molecular weight is 322 g/mol. The van der Waals surface area contributed by atoms with Crippen LogP contribution in [0, 0.1) is 0 Å². The zero-order chi connectivity index (χ0) is 14.9. The third-order valence-corrected chi connectivity index (χ3v) is 5.53. The highest BCUT2D eigenvalue weighted by atomic mass is 35.5. The van der Waals surface area contributed by atoms with Gasteiger partial charge in [0.15, 0.2) is 5.69 Å². The molecule has 0 saturated heterocycles. The van der Waals surface area contributed by atoms with Gasteiger partial charge in [-0.15, -0.1) is 11.3 Å². The molecule has 1 heterocycles. The molecule has 1 saturated carbocycles. The SMILES string of the molecule is O=C(O)c1csc(C2(c3ccc(Cl)cc3)CCCCC2)n1. The number of carboxylic acids is 1. The molecule has 0 aliphatic heterocycles. The van der Waals surface area contributed by atoms with Crippen LogP contribution in [0.15, 0.2) is 29.6 Å². The molecule has 0 atom stereocenters. The molecule has 1 aromatic heterocycles. The van der Waals surface area contributed by atoms with E-state index in [-0.39, 0.29) is 11.1 Å². The van der Waals surface area contributed by atoms with Crippen LogP contribution in [0.1, 0.15) is 53.2 Å². The predicted molar refractivity (Wildman–Crippen MR) is 84.4 cm³/mol. The smallest absolute Gasteiger partial charge is 0.355 e. The number of aromatic carboxylic acids is 1. The first-order valence-electron chi connectivity index (χ1n) is 7.07. The summed E-state index contributed by atoms with van der Waals surface area (Å²) in [5.41, 5.74) is 1.19. The van der Waals surface area contributed by atoms with Crippen molar-refractivity contribution in [2.45, 2.75) is 37.5 Å². The van der Waals surface area contributed by atoms with Gasteiger partial charge in [-0.25, -0.2) is 9.78 Å². The summed E-state index contributed by atoms with van der Waals surface area (Å²) in [5.74, 6) is -0.959. The molecule has 3 nitrogen and oxygen atoms in total. The number of hydrogen-bond donors (Lipinski definition) is 1. The maximum atomic E-state index is 11.1. The molecular weight excluding hydrogens is 306 g/mol. The first-order valence-corrected chi connectivity index (χ1v) is 8.33. The van der Waals surface area contributed by atoms with Crippen LogP contribution in [0.25, 0.3) is 0 Å². The van der Waals surface area contributed by atoms with Gasteiger partial charge in [0.25, 0.3) is 0 Å². The highest BCUT2D eigenvalue weighted by molar-refractivity contribution is 7.10. The molecule has 1 fully saturated rings. The summed E-state index contributed by atoms with van der Waals surface area (Å²) in [7, 11) is 0. The highest BCUT2D eigenvalue weighted by Gasteiger charge is 2.38. The van der Waals surface area contributed by atoms with Crippen LogP contribution < -0.4 is 0 Å². The topological polar surface area (TPSA) is 50.2 Å². The molecule has 1 aliphatic carbocycles. The average Bonchev–Trinajstić information content (AvgIpc) is 2.99. The van der Waals surface area contributed by atoms with Crippen molar-refractivity contribution in [2.24, 2.45) is 0 Å². The van der Waals surface area contributed by atoms with Crippen molar-refractivity contribution in [1.82, 2.24) is 4.98 Å². The van der Waals surface area contributed by atoms with Gasteiger partial charge >= 0.3 is 5.97 Å². The monoisotopic (exact) mass is 321 g/mol. The predicted octanol–water partition coefficient (Wildman–Crippen LogP) is 4.74. The van der Waals surface area contributed by atoms with Crippen LogP contribution in [-0.4, -0.2) is 16.1 Å². The minimum absolute atomic E-state index is 0.147. The van der Waals surface area contributed by atoms with Crippen LogP contribution in [-0.2, 0) is 5.41 Å². The van der Waals surface area contributed by atoms with E-state index in [9.17, 15) is 4.79 Å². The van der Waals surface area contributed by atoms with Crippen molar-refractivity contribution in [3.05, 3.63) is 50.9 Å². The van der Waals surface area contributed by atoms with Crippen LogP contribution in [0.5, 0.6) is 0 Å². The van der Waals surface area contributed by atoms with Crippen LogP contribution in [0.2, 0.25) is 5.02 Å². The molecule has 0 amide bonds. The molecule has 1 aromatic carbocycles. The van der Waals surface area contributed by atoms with Gasteiger partial charge in [0.2, 0.25) is 0 Å². The lowest BCUT2D eigenvalue weighted by Crippen LogP contribution is -2.30. The van der Waals surface area contributed by atoms with Crippen molar-refractivity contribution in [1.29, 1.82) is 0 Å². The molecule has 2 aromatic rings. The minimum atomic E-state index is -0.959. The lowest BCUT2D eigenvalue weighted by Gasteiger charge is -2.36. The van der Waals surface area contributed by atoms with Gasteiger partial charge in [0.1, 0.15) is 5.01 Å². The standard InChI is InChI=1S/C16H16ClNO2S/c17-12-6-4-11(5-7-12)16(8-2-1-3-9-16)15-18-13(10-21-15)14(19)20/h4-7,10H,1-3,8-9H2,(H,19,20). The summed E-state index contributed by atoms with van der Waals surface area (Å²) in [6.07, 6.45) is 5.55. The number of nitrogens with zero attached hydrogens (tertiary/aromatic N) is 1. The largest absolute Gasteiger partial charge is 0.476 e. The normalized spacial score (nSPS) is 17.6. The Morgan fingerprint density at radius 2 is 1.86 bits per heavy atom. The van der Waals surface area contributed by atoms with Crippen molar-refractivity contribution < 1.29 is 9.90 Å². The third-order valence-electron chi connectivity index (χ3n) is 4.24. The Balaban J connectivity index is 2.07. The van der Waals surface area contributed by atoms with Crippen molar-refractivity contribution in [3.8, 4) is 0 Å². The van der Waals surface area contributed by atoms with Gasteiger partial charge in [-0.05, 0) is 30.5 Å². The molecule has 0 unspecified atom stereocenters. The fourth-order valence-electron chi connectivity index (χ4n) is 3.14. The number of carboxylic acid groups (broad SMARTS) is 1. The van der Waals surface area contributed by atoms with E-state index in [1.165, 1.54) is 23.3 Å². The quantitative estimate of drug-likeness (QED) is 0.887. The van der Waals surface area contributed by atoms with Gasteiger partial charge in [0, 0.05) is 15.8 Å². The summed E-state index contributed by atoms with van der Waals surface area (Å²) in [6.45, 7) is 0. The van der Waals surface area contributed by atoms with Crippen molar-refractivity contribution in [3.63, 3.8) is 0 Å². The highest BCUT2D eigenvalue weighted by Crippen LogP contribution is 2.46. The molecule has 0 radical (unpaired) electrons. The number of carbonyl (C=O) groups is 1. The second-order valence-electron chi connectivity index (χ2n) is 5.49. The Kier molecular flexibility index (Phi) is 4.00. The van der Waals surface area contributed by atoms with Gasteiger partial charge in [-0.2, -0.15) is 0 Å². The van der Waals surface area contributed by atoms with E-state index >= 15 is 0 Å². The van der Waals surface area contributed by atoms with E-state index in [0.717, 1.165) is 35.7 Å². The Hall–Kier alpha value is -1.39. The van der Waals surface area contributed by atoms with Crippen LogP contribution >= 0.6 is 22.9 Å². The van der Waals surface area contributed by atoms with Gasteiger partial charge in [-0.1, -0.05) is 43.0 Å². The molecule has 1 aliphatic rings. The molecule has 21 heavy (non-hydrogen) atoms. The number of benzene rings is 1. The zero-order valence-electron chi connectivity index (χ0n) is 11.5. The Morgan fingerprint density at radius 3 is 2.43 bits per heavy atom. The lowest BCUT2D eigenvalue weighted by molar-refractivity contribution is 0.0691. The number of rotatable bonds is 3. The molecule has 1 N–H and O–H groups in total. The zero-order valence-corrected chi connectivity index (χ0v) is 13.1. The van der Waals surface area contributed by atoms with Gasteiger partial charge in [0.05, 0.1) is 0 Å². The molecular formula is C16H16ClNO2S. The van der Waals surface area contributed by atoms with Gasteiger partial charge in [-0.3, -0.25) is 0 Å². The Labute approximate surface area is 132 Å². The number of thiazole rings is 1. The Bertz CT molecular complexity index is 645. The van der Waals surface area contributed by atoms with Crippen LogP contribution in [0.3, 0.4) is 0 Å². The van der Waals surface area contributed by atoms with E-state index < -0.39 is 5.97 Å².